The van der Waals surface area contributed by atoms with Crippen LogP contribution in [0.3, 0.4) is 0 Å². The number of sulfonamides is 1. The van der Waals surface area contributed by atoms with Gasteiger partial charge in [0.15, 0.2) is 0 Å². The molecule has 2 amide bonds. The monoisotopic (exact) mass is 352 g/mol. The number of hydroxylamine groups is 2. The topological polar surface area (TPSA) is 124 Å². The summed E-state index contributed by atoms with van der Waals surface area (Å²) in [7, 11) is -3.62. The van der Waals surface area contributed by atoms with E-state index in [1.165, 1.54) is 12.1 Å². The van der Waals surface area contributed by atoms with Crippen LogP contribution in [-0.2, 0) is 19.7 Å². The fraction of sp³-hybridized carbons (Fsp3) is 0.400. The molecule has 1 aliphatic carbocycles. The van der Waals surface area contributed by atoms with Crippen LogP contribution in [0, 0.1) is 5.92 Å². The molecule has 1 aromatic carbocycles. The number of hydrogen-bond acceptors (Lipinski definition) is 6. The number of hydrogen-bond donors (Lipinski definition) is 1. The van der Waals surface area contributed by atoms with Crippen molar-refractivity contribution in [2.45, 2.75) is 30.9 Å². The van der Waals surface area contributed by atoms with Gasteiger partial charge in [0.1, 0.15) is 0 Å². The Balaban J connectivity index is 1.65. The van der Waals surface area contributed by atoms with Crippen molar-refractivity contribution in [1.29, 1.82) is 0 Å². The first-order valence-electron chi connectivity index (χ1n) is 7.50. The van der Waals surface area contributed by atoms with Crippen molar-refractivity contribution in [3.05, 3.63) is 35.4 Å². The molecule has 24 heavy (non-hydrogen) atoms. The largest absolute Gasteiger partial charge is 0.336 e. The first-order chi connectivity index (χ1) is 11.3. The van der Waals surface area contributed by atoms with Crippen LogP contribution >= 0.6 is 0 Å². The van der Waals surface area contributed by atoms with E-state index in [2.05, 4.69) is 0 Å². The molecule has 128 valence electrons. The lowest BCUT2D eigenvalue weighted by atomic mass is 9.89. The Hall–Kier alpha value is -2.26. The molecule has 0 atom stereocenters. The third kappa shape index (κ3) is 2.92. The Morgan fingerprint density at radius 1 is 1.04 bits per heavy atom. The van der Waals surface area contributed by atoms with Crippen molar-refractivity contribution in [2.24, 2.45) is 11.1 Å². The van der Waals surface area contributed by atoms with Crippen LogP contribution in [0.25, 0.3) is 0 Å². The summed E-state index contributed by atoms with van der Waals surface area (Å²) < 4.78 is 22.6. The number of amides is 2. The van der Waals surface area contributed by atoms with Gasteiger partial charge >= 0.3 is 5.97 Å². The zero-order chi connectivity index (χ0) is 17.5. The van der Waals surface area contributed by atoms with Crippen LogP contribution < -0.4 is 5.14 Å². The van der Waals surface area contributed by atoms with Crippen molar-refractivity contribution >= 4 is 27.8 Å². The maximum absolute atomic E-state index is 12.2. The van der Waals surface area contributed by atoms with Crippen molar-refractivity contribution in [3.63, 3.8) is 0 Å². The van der Waals surface area contributed by atoms with E-state index in [9.17, 15) is 22.8 Å². The molecule has 2 N–H and O–H groups in total. The highest BCUT2D eigenvalue weighted by Crippen LogP contribution is 2.30. The third-order valence-electron chi connectivity index (χ3n) is 4.41. The number of benzene rings is 1. The molecule has 1 heterocycles. The van der Waals surface area contributed by atoms with Gasteiger partial charge < -0.3 is 4.84 Å². The van der Waals surface area contributed by atoms with Gasteiger partial charge in [-0.25, -0.2) is 18.4 Å². The van der Waals surface area contributed by atoms with Gasteiger partial charge in [0.25, 0.3) is 11.8 Å². The molecule has 0 spiro atoms. The van der Waals surface area contributed by atoms with E-state index in [4.69, 9.17) is 9.98 Å². The maximum Gasteiger partial charge on any atom is 0.336 e. The number of primary sulfonamides is 1. The summed E-state index contributed by atoms with van der Waals surface area (Å²) >= 11 is 0. The van der Waals surface area contributed by atoms with Gasteiger partial charge in [-0.15, -0.1) is 0 Å². The molecule has 3 rings (SSSR count). The van der Waals surface area contributed by atoms with Gasteiger partial charge in [0.2, 0.25) is 10.0 Å². The lowest BCUT2D eigenvalue weighted by molar-refractivity contribution is -0.174. The second kappa shape index (κ2) is 5.99. The van der Waals surface area contributed by atoms with Crippen molar-refractivity contribution in [3.8, 4) is 0 Å². The van der Waals surface area contributed by atoms with E-state index < -0.39 is 39.0 Å². The molecule has 0 unspecified atom stereocenters. The first-order valence-corrected chi connectivity index (χ1v) is 9.11. The van der Waals surface area contributed by atoms with Crippen LogP contribution in [-0.4, -0.2) is 36.5 Å². The lowest BCUT2D eigenvalue weighted by Crippen LogP contribution is -2.38. The SMILES string of the molecule is NS(=O)(=O)C1CCC(C(=O)ON2C(=O)c3ccccc3C2=O)CC1. The molecule has 0 saturated heterocycles. The Bertz CT molecular complexity index is 776. The maximum atomic E-state index is 12.2. The average molecular weight is 352 g/mol. The van der Waals surface area contributed by atoms with Gasteiger partial charge in [0, 0.05) is 0 Å². The fourth-order valence-corrected chi connectivity index (χ4v) is 3.97. The Morgan fingerprint density at radius 2 is 1.54 bits per heavy atom. The van der Waals surface area contributed by atoms with Gasteiger partial charge in [-0.2, -0.15) is 0 Å². The Labute approximate surface area is 138 Å². The van der Waals surface area contributed by atoms with Crippen LogP contribution in [0.1, 0.15) is 46.4 Å². The van der Waals surface area contributed by atoms with E-state index in [1.807, 2.05) is 0 Å². The van der Waals surface area contributed by atoms with E-state index in [0.29, 0.717) is 5.06 Å². The number of carbonyl (C=O) groups excluding carboxylic acids is 3. The van der Waals surface area contributed by atoms with Crippen LogP contribution in [0.2, 0.25) is 0 Å². The van der Waals surface area contributed by atoms with E-state index in [0.717, 1.165) is 0 Å². The zero-order valence-electron chi connectivity index (χ0n) is 12.7. The quantitative estimate of drug-likeness (QED) is 0.794. The van der Waals surface area contributed by atoms with Gasteiger partial charge in [0.05, 0.1) is 22.3 Å². The number of imide groups is 1. The van der Waals surface area contributed by atoms with Crippen molar-refractivity contribution < 1.29 is 27.6 Å². The molecule has 8 nitrogen and oxygen atoms in total. The Kier molecular flexibility index (Phi) is 4.14. The second-order valence-corrected chi connectivity index (χ2v) is 7.77. The summed E-state index contributed by atoms with van der Waals surface area (Å²) in [4.78, 5) is 41.5. The smallest absolute Gasteiger partial charge is 0.329 e. The summed E-state index contributed by atoms with van der Waals surface area (Å²) in [6.45, 7) is 0. The average Bonchev–Trinajstić information content (AvgIpc) is 2.79. The molecule has 1 aliphatic heterocycles. The van der Waals surface area contributed by atoms with Gasteiger partial charge in [-0.3, -0.25) is 9.59 Å². The highest BCUT2D eigenvalue weighted by molar-refractivity contribution is 7.89. The number of fused-ring (bicyclic) bond motifs is 1. The molecule has 0 aromatic heterocycles. The standard InChI is InChI=1S/C15H16N2O6S/c16-24(21,22)10-7-5-9(6-8-10)15(20)23-17-13(18)11-3-1-2-4-12(11)14(17)19/h1-4,9-10H,5-8H2,(H2,16,21,22). The minimum absolute atomic E-state index is 0.188. The highest BCUT2D eigenvalue weighted by Gasteiger charge is 2.40. The summed E-state index contributed by atoms with van der Waals surface area (Å²) in [5.41, 5.74) is 0.376. The number of nitrogens with zero attached hydrogens (tertiary/aromatic N) is 1. The molecule has 0 radical (unpaired) electrons. The summed E-state index contributed by atoms with van der Waals surface area (Å²) in [5.74, 6) is -2.63. The van der Waals surface area contributed by atoms with E-state index >= 15 is 0 Å². The van der Waals surface area contributed by atoms with Crippen molar-refractivity contribution in [2.75, 3.05) is 0 Å². The van der Waals surface area contributed by atoms with Gasteiger partial charge in [-0.05, 0) is 37.8 Å². The predicted octanol–water partition coefficient (Wildman–Crippen LogP) is 0.588. The minimum atomic E-state index is -3.62. The minimum Gasteiger partial charge on any atom is -0.329 e. The molecule has 1 aromatic rings. The highest BCUT2D eigenvalue weighted by atomic mass is 32.2. The molecule has 9 heteroatoms. The summed E-state index contributed by atoms with van der Waals surface area (Å²) in [5, 5.41) is 4.91. The zero-order valence-corrected chi connectivity index (χ0v) is 13.5. The first kappa shape index (κ1) is 16.6. The third-order valence-corrected chi connectivity index (χ3v) is 5.81. The van der Waals surface area contributed by atoms with Gasteiger partial charge in [-0.1, -0.05) is 17.2 Å². The second-order valence-electron chi connectivity index (χ2n) is 5.92. The van der Waals surface area contributed by atoms with Crippen LogP contribution in [0.4, 0.5) is 0 Å². The molecular formula is C15H16N2O6S. The lowest BCUT2D eigenvalue weighted by Gasteiger charge is -2.26. The molecule has 1 saturated carbocycles. The summed E-state index contributed by atoms with van der Waals surface area (Å²) in [6, 6.07) is 6.20. The van der Waals surface area contributed by atoms with Crippen LogP contribution in [0.15, 0.2) is 24.3 Å². The predicted molar refractivity (Wildman–Crippen MR) is 81.9 cm³/mol. The van der Waals surface area contributed by atoms with E-state index in [1.54, 1.807) is 12.1 Å². The van der Waals surface area contributed by atoms with E-state index in [-0.39, 0.29) is 36.8 Å². The fourth-order valence-electron chi connectivity index (χ4n) is 3.04. The Morgan fingerprint density at radius 3 is 2.00 bits per heavy atom. The molecule has 2 aliphatic rings. The van der Waals surface area contributed by atoms with Crippen LogP contribution in [0.5, 0.6) is 0 Å². The number of carbonyl (C=O) groups is 3. The normalized spacial score (nSPS) is 24.0. The molecule has 1 fully saturated rings. The number of nitrogens with two attached hydrogens (primary N) is 1. The summed E-state index contributed by atoms with van der Waals surface area (Å²) in [6.07, 6.45) is 1.06. The van der Waals surface area contributed by atoms with Crippen molar-refractivity contribution in [1.82, 2.24) is 5.06 Å². The molecule has 0 bridgehead atoms. The molecular weight excluding hydrogens is 336 g/mol. The number of rotatable bonds is 3.